The molecular weight excluding hydrogens is 629 g/mol. The molecule has 1 aliphatic carbocycles. The number of rotatable bonds is 11. The molecule has 0 bridgehead atoms. The van der Waals surface area contributed by atoms with Gasteiger partial charge in [0.2, 0.25) is 0 Å². The highest BCUT2D eigenvalue weighted by molar-refractivity contribution is 6.32. The number of hydrogen-bond acceptors (Lipinski definition) is 9. The van der Waals surface area contributed by atoms with E-state index in [1.54, 1.807) is 36.5 Å². The number of nitriles is 1. The van der Waals surface area contributed by atoms with Gasteiger partial charge in [0.25, 0.3) is 0 Å². The van der Waals surface area contributed by atoms with Gasteiger partial charge in [-0.1, -0.05) is 29.8 Å². The lowest BCUT2D eigenvalue weighted by atomic mass is 9.96. The van der Waals surface area contributed by atoms with Gasteiger partial charge in [-0.15, -0.1) is 0 Å². The molecule has 1 aromatic heterocycles. The van der Waals surface area contributed by atoms with Crippen LogP contribution in [0.2, 0.25) is 5.02 Å². The zero-order chi connectivity index (χ0) is 33.1. The quantitative estimate of drug-likeness (QED) is 0.182. The number of fused-ring (bicyclic) bond motifs is 2. The molecule has 2 aliphatic rings. The highest BCUT2D eigenvalue weighted by Crippen LogP contribution is 2.45. The van der Waals surface area contributed by atoms with Crippen molar-refractivity contribution in [1.29, 1.82) is 5.26 Å². The first-order valence-electron chi connectivity index (χ1n) is 15.0. The van der Waals surface area contributed by atoms with Crippen molar-refractivity contribution >= 4 is 17.6 Å². The number of nitrogens with zero attached hydrogens (tertiary/aromatic N) is 2. The van der Waals surface area contributed by atoms with Gasteiger partial charge in [-0.05, 0) is 60.7 Å². The molecule has 3 N–H and O–H groups in total. The van der Waals surface area contributed by atoms with Gasteiger partial charge in [0.15, 0.2) is 17.3 Å². The summed E-state index contributed by atoms with van der Waals surface area (Å²) in [6.45, 7) is 1.45. The fraction of sp³-hybridized carbons (Fsp3) is 0.286. The number of carbonyl (C=O) groups is 1. The van der Waals surface area contributed by atoms with Crippen molar-refractivity contribution in [2.75, 3.05) is 19.8 Å². The molecular formula is C35H31ClFN3O7. The Morgan fingerprint density at radius 2 is 2.00 bits per heavy atom. The van der Waals surface area contributed by atoms with E-state index >= 15 is 4.39 Å². The summed E-state index contributed by atoms with van der Waals surface area (Å²) >= 11 is 6.73. The molecule has 12 heteroatoms. The second-order valence-corrected chi connectivity index (χ2v) is 11.9. The first-order valence-corrected chi connectivity index (χ1v) is 15.3. The largest absolute Gasteiger partial charge is 0.488 e. The Morgan fingerprint density at radius 1 is 1.17 bits per heavy atom. The molecule has 1 aliphatic heterocycles. The van der Waals surface area contributed by atoms with Crippen molar-refractivity contribution in [3.8, 4) is 40.2 Å². The Morgan fingerprint density at radius 3 is 2.79 bits per heavy atom. The highest BCUT2D eigenvalue weighted by Gasteiger charge is 2.33. The van der Waals surface area contributed by atoms with E-state index in [1.165, 1.54) is 13.1 Å². The molecule has 47 heavy (non-hydrogen) atoms. The van der Waals surface area contributed by atoms with Crippen molar-refractivity contribution in [1.82, 2.24) is 10.3 Å². The molecule has 0 radical (unpaired) electrons. The number of nitrogens with one attached hydrogen (secondary N) is 1. The van der Waals surface area contributed by atoms with Crippen molar-refractivity contribution in [3.63, 3.8) is 0 Å². The van der Waals surface area contributed by atoms with Gasteiger partial charge in [-0.25, -0.2) is 4.39 Å². The summed E-state index contributed by atoms with van der Waals surface area (Å²) in [6.07, 6.45) is 3.90. The maximum Gasteiger partial charge on any atom is 0.326 e. The molecule has 1 unspecified atom stereocenters. The third-order valence-electron chi connectivity index (χ3n) is 8.31. The number of aromatic nitrogens is 1. The van der Waals surface area contributed by atoms with Gasteiger partial charge in [0.1, 0.15) is 49.0 Å². The van der Waals surface area contributed by atoms with E-state index in [4.69, 9.17) is 30.5 Å². The summed E-state index contributed by atoms with van der Waals surface area (Å²) in [5, 5.41) is 31.7. The zero-order valence-electron chi connectivity index (χ0n) is 25.4. The second-order valence-electron chi connectivity index (χ2n) is 11.5. The van der Waals surface area contributed by atoms with Gasteiger partial charge in [0, 0.05) is 41.7 Å². The minimum absolute atomic E-state index is 0.00585. The average Bonchev–Trinajstić information content (AvgIpc) is 3.50. The fourth-order valence-electron chi connectivity index (χ4n) is 5.65. The van der Waals surface area contributed by atoms with Crippen LogP contribution in [-0.4, -0.2) is 46.5 Å². The van der Waals surface area contributed by atoms with Crippen molar-refractivity contribution in [3.05, 3.63) is 99.6 Å². The van der Waals surface area contributed by atoms with Crippen LogP contribution in [0.5, 0.6) is 23.0 Å². The van der Waals surface area contributed by atoms with E-state index in [9.17, 15) is 20.3 Å². The van der Waals surface area contributed by atoms with Gasteiger partial charge in [-0.2, -0.15) is 5.26 Å². The molecule has 0 spiro atoms. The minimum atomic E-state index is -1.61. The van der Waals surface area contributed by atoms with Gasteiger partial charge >= 0.3 is 5.97 Å². The lowest BCUT2D eigenvalue weighted by Crippen LogP contribution is -2.52. The van der Waals surface area contributed by atoms with Crippen molar-refractivity contribution < 1.29 is 38.3 Å². The standard InChI is InChI=1S/C35H31ClFN3O7/c1-35(19-41,34(42)43)40-17-22-12-27(36)31(13-30(22)46-18-21-11-20(14-38)15-39-16-21)47-28-7-5-24-23(3-2-4-25(24)28)26-6-8-29-33(32(26)37)45-10-9-44-29/h2-4,6,8,11-13,15-16,28,40-41H,5,7,9-10,17-19H2,1H3,(H,42,43)/t28-,35?/m0/s1. The molecule has 10 nitrogen and oxygen atoms in total. The number of hydrogen-bond donors (Lipinski definition) is 3. The number of aliphatic carboxylic acids is 1. The number of aliphatic hydroxyl groups excluding tert-OH is 1. The van der Waals surface area contributed by atoms with Crippen LogP contribution in [0.1, 0.15) is 47.3 Å². The summed E-state index contributed by atoms with van der Waals surface area (Å²) in [6, 6.07) is 16.1. The molecule has 6 rings (SSSR count). The maximum atomic E-state index is 15.6. The number of halogens is 2. The van der Waals surface area contributed by atoms with Crippen LogP contribution in [0.25, 0.3) is 11.1 Å². The van der Waals surface area contributed by atoms with E-state index in [-0.39, 0.29) is 36.6 Å². The van der Waals surface area contributed by atoms with Crippen LogP contribution < -0.4 is 24.3 Å². The molecule has 242 valence electrons. The monoisotopic (exact) mass is 659 g/mol. The Kier molecular flexibility index (Phi) is 9.18. The number of ether oxygens (including phenoxy) is 4. The first kappa shape index (κ1) is 32.1. The SMILES string of the molecule is CC(CO)(NCc1cc(Cl)c(O[C@H]2CCc3c(-c4ccc5c(c4F)OCCO5)cccc32)cc1OCc1cncc(C#N)c1)C(=O)O. The van der Waals surface area contributed by atoms with Crippen LogP contribution in [0.4, 0.5) is 4.39 Å². The third-order valence-corrected chi connectivity index (χ3v) is 8.61. The predicted octanol–water partition coefficient (Wildman–Crippen LogP) is 5.75. The van der Waals surface area contributed by atoms with E-state index in [2.05, 4.69) is 10.3 Å². The molecule has 0 saturated carbocycles. The lowest BCUT2D eigenvalue weighted by molar-refractivity contribution is -0.145. The third kappa shape index (κ3) is 6.53. The van der Waals surface area contributed by atoms with Crippen LogP contribution >= 0.6 is 11.6 Å². The van der Waals surface area contributed by atoms with E-state index < -0.39 is 23.9 Å². The van der Waals surface area contributed by atoms with E-state index in [1.807, 2.05) is 24.3 Å². The Hall–Kier alpha value is -4.89. The molecule has 2 heterocycles. The summed E-state index contributed by atoms with van der Waals surface area (Å²) in [4.78, 5) is 15.9. The molecule has 0 amide bonds. The Balaban J connectivity index is 1.29. The van der Waals surface area contributed by atoms with E-state index in [0.717, 1.165) is 16.7 Å². The molecule has 2 atom stereocenters. The smallest absolute Gasteiger partial charge is 0.326 e. The van der Waals surface area contributed by atoms with Crippen LogP contribution in [0.3, 0.4) is 0 Å². The van der Waals surface area contributed by atoms with Gasteiger partial charge < -0.3 is 29.2 Å². The fourth-order valence-corrected chi connectivity index (χ4v) is 5.88. The summed E-state index contributed by atoms with van der Waals surface area (Å²) in [5.41, 5.74) is 2.98. The van der Waals surface area contributed by atoms with Crippen molar-refractivity contribution in [2.45, 2.75) is 44.6 Å². The zero-order valence-corrected chi connectivity index (χ0v) is 26.1. The maximum absolute atomic E-state index is 15.6. The topological polar surface area (TPSA) is 143 Å². The highest BCUT2D eigenvalue weighted by atomic mass is 35.5. The number of carboxylic acids is 1. The summed E-state index contributed by atoms with van der Waals surface area (Å²) in [5.74, 6) is -0.492. The Labute approximate surface area is 275 Å². The molecule has 0 saturated heterocycles. The summed E-state index contributed by atoms with van der Waals surface area (Å²) < 4.78 is 39.3. The van der Waals surface area contributed by atoms with Gasteiger partial charge in [0.05, 0.1) is 17.2 Å². The second kappa shape index (κ2) is 13.5. The number of carboxylic acid groups (broad SMARTS) is 1. The molecule has 4 aromatic rings. The predicted molar refractivity (Wildman–Crippen MR) is 169 cm³/mol. The molecule has 0 fully saturated rings. The average molecular weight is 660 g/mol. The van der Waals surface area contributed by atoms with Gasteiger partial charge in [-0.3, -0.25) is 15.1 Å². The van der Waals surface area contributed by atoms with Crippen LogP contribution in [-0.2, 0) is 24.4 Å². The number of pyridine rings is 1. The first-order chi connectivity index (χ1) is 22.7. The number of aliphatic hydroxyl groups is 1. The Bertz CT molecular complexity index is 1880. The normalized spacial score (nSPS) is 16.1. The molecule has 3 aromatic carbocycles. The summed E-state index contributed by atoms with van der Waals surface area (Å²) in [7, 11) is 0. The van der Waals surface area contributed by atoms with E-state index in [0.29, 0.717) is 59.0 Å². The lowest BCUT2D eigenvalue weighted by Gasteiger charge is -2.25. The van der Waals surface area contributed by atoms with Crippen LogP contribution in [0.15, 0.2) is 60.9 Å². The van der Waals surface area contributed by atoms with Crippen LogP contribution in [0, 0.1) is 17.1 Å². The van der Waals surface area contributed by atoms with Crippen molar-refractivity contribution in [2.24, 2.45) is 0 Å². The minimum Gasteiger partial charge on any atom is -0.488 e. The number of benzene rings is 3.